The average molecular weight is 274 g/mol. The summed E-state index contributed by atoms with van der Waals surface area (Å²) in [5.74, 6) is -0.869. The first-order chi connectivity index (χ1) is 9.65. The Morgan fingerprint density at radius 2 is 2.00 bits per heavy atom. The maximum Gasteiger partial charge on any atom is 0.331 e. The lowest BCUT2D eigenvalue weighted by molar-refractivity contribution is -0.162. The summed E-state index contributed by atoms with van der Waals surface area (Å²) in [6.07, 6.45) is 0.929. The lowest BCUT2D eigenvalue weighted by Crippen LogP contribution is -2.39. The van der Waals surface area contributed by atoms with E-state index in [1.54, 1.807) is 6.08 Å². The number of rotatable bonds is 2. The minimum Gasteiger partial charge on any atom is -0.455 e. The zero-order chi connectivity index (χ0) is 14.1. The van der Waals surface area contributed by atoms with Crippen LogP contribution in [-0.2, 0) is 23.8 Å². The highest BCUT2D eigenvalue weighted by molar-refractivity contribution is 5.83. The van der Waals surface area contributed by atoms with Gasteiger partial charge in [0.15, 0.2) is 12.2 Å². The van der Waals surface area contributed by atoms with E-state index in [0.717, 1.165) is 5.56 Å². The van der Waals surface area contributed by atoms with E-state index in [4.69, 9.17) is 14.2 Å². The Balaban J connectivity index is 1.92. The molecule has 1 aromatic rings. The van der Waals surface area contributed by atoms with Gasteiger partial charge in [-0.2, -0.15) is 0 Å². The first-order valence-corrected chi connectivity index (χ1v) is 6.41. The summed E-state index contributed by atoms with van der Waals surface area (Å²) in [5.41, 5.74) is 0.887. The molecule has 5 heteroatoms. The fourth-order valence-electron chi connectivity index (χ4n) is 2.55. The second-order valence-corrected chi connectivity index (χ2v) is 4.77. The van der Waals surface area contributed by atoms with E-state index < -0.39 is 30.3 Å². The van der Waals surface area contributed by atoms with Crippen LogP contribution in [0.4, 0.5) is 0 Å². The molecule has 104 valence electrons. The van der Waals surface area contributed by atoms with Crippen LogP contribution in [0, 0.1) is 0 Å². The van der Waals surface area contributed by atoms with Gasteiger partial charge in [0.1, 0.15) is 12.2 Å². The molecule has 0 radical (unpaired) electrons. The van der Waals surface area contributed by atoms with Gasteiger partial charge in [-0.3, -0.25) is 4.79 Å². The predicted octanol–water partition coefficient (Wildman–Crippen LogP) is 1.54. The van der Waals surface area contributed by atoms with Gasteiger partial charge >= 0.3 is 11.9 Å². The quantitative estimate of drug-likeness (QED) is 0.765. The summed E-state index contributed by atoms with van der Waals surface area (Å²) >= 11 is 0. The van der Waals surface area contributed by atoms with Gasteiger partial charge in [-0.1, -0.05) is 30.3 Å². The van der Waals surface area contributed by atoms with Crippen LogP contribution < -0.4 is 0 Å². The predicted molar refractivity (Wildman–Crippen MR) is 68.6 cm³/mol. The third-order valence-corrected chi connectivity index (χ3v) is 3.35. The van der Waals surface area contributed by atoms with Gasteiger partial charge in [0.05, 0.1) is 0 Å². The molecule has 3 rings (SSSR count). The lowest BCUT2D eigenvalue weighted by atomic mass is 10.00. The monoisotopic (exact) mass is 274 g/mol. The van der Waals surface area contributed by atoms with Crippen molar-refractivity contribution < 1.29 is 23.8 Å². The van der Waals surface area contributed by atoms with Crippen molar-refractivity contribution in [3.05, 3.63) is 48.0 Å². The van der Waals surface area contributed by atoms with Gasteiger partial charge in [0.2, 0.25) is 0 Å². The van der Waals surface area contributed by atoms with Gasteiger partial charge < -0.3 is 14.2 Å². The van der Waals surface area contributed by atoms with Crippen molar-refractivity contribution in [3.63, 3.8) is 0 Å². The Morgan fingerprint density at radius 3 is 2.70 bits per heavy atom. The van der Waals surface area contributed by atoms with Gasteiger partial charge in [-0.25, -0.2) is 4.79 Å². The highest BCUT2D eigenvalue weighted by Crippen LogP contribution is 2.39. The number of hydrogen-bond acceptors (Lipinski definition) is 5. The molecule has 0 bridgehead atoms. The smallest absolute Gasteiger partial charge is 0.331 e. The first-order valence-electron chi connectivity index (χ1n) is 6.41. The summed E-state index contributed by atoms with van der Waals surface area (Å²) in [5, 5.41) is 0. The van der Waals surface area contributed by atoms with Crippen molar-refractivity contribution in [3.8, 4) is 0 Å². The molecule has 0 unspecified atom stereocenters. The fraction of sp³-hybridized carbons (Fsp3) is 0.333. The molecule has 2 heterocycles. The first kappa shape index (κ1) is 12.9. The van der Waals surface area contributed by atoms with Crippen LogP contribution in [0.25, 0.3) is 0 Å². The van der Waals surface area contributed by atoms with Crippen LogP contribution in [-0.4, -0.2) is 30.3 Å². The molecule has 0 spiro atoms. The molecule has 4 atom stereocenters. The Morgan fingerprint density at radius 1 is 1.25 bits per heavy atom. The topological polar surface area (TPSA) is 61.8 Å². The summed E-state index contributed by atoms with van der Waals surface area (Å²) in [7, 11) is 0. The van der Waals surface area contributed by atoms with Gasteiger partial charge in [0.25, 0.3) is 0 Å². The number of benzene rings is 1. The zero-order valence-corrected chi connectivity index (χ0v) is 10.9. The average Bonchev–Trinajstić information content (AvgIpc) is 2.77. The molecular formula is C15H14O5. The van der Waals surface area contributed by atoms with Crippen LogP contribution in [0.2, 0.25) is 0 Å². The molecule has 2 aliphatic rings. The van der Waals surface area contributed by atoms with Gasteiger partial charge in [-0.05, 0) is 11.6 Å². The molecule has 20 heavy (non-hydrogen) atoms. The normalized spacial score (nSPS) is 31.6. The SMILES string of the molecule is CC(=O)O[C@H]1[C@@H]2OC(=O)C=C[C@@H]2O[C@H]1c1ccccc1. The third kappa shape index (κ3) is 2.32. The van der Waals surface area contributed by atoms with Crippen molar-refractivity contribution in [2.45, 2.75) is 31.3 Å². The van der Waals surface area contributed by atoms with Gasteiger partial charge in [-0.15, -0.1) is 0 Å². The lowest BCUT2D eigenvalue weighted by Gasteiger charge is -2.24. The number of esters is 2. The minimum atomic E-state index is -0.631. The Kier molecular flexibility index (Phi) is 3.28. The summed E-state index contributed by atoms with van der Waals surface area (Å²) in [4.78, 5) is 22.7. The zero-order valence-electron chi connectivity index (χ0n) is 10.9. The number of carbonyl (C=O) groups is 2. The molecule has 1 fully saturated rings. The van der Waals surface area contributed by atoms with E-state index >= 15 is 0 Å². The molecular weight excluding hydrogens is 260 g/mol. The van der Waals surface area contributed by atoms with Crippen LogP contribution in [0.15, 0.2) is 42.5 Å². The number of ether oxygens (including phenoxy) is 3. The fourth-order valence-corrected chi connectivity index (χ4v) is 2.55. The standard InChI is InChI=1S/C15H14O5/c1-9(16)18-15-13(10-5-3-2-4-6-10)19-11-7-8-12(17)20-14(11)15/h2-8,11,13-15H,1H3/t11-,13-,14+,15+/m0/s1. The van der Waals surface area contributed by atoms with E-state index in [-0.39, 0.29) is 6.10 Å². The van der Waals surface area contributed by atoms with E-state index in [9.17, 15) is 9.59 Å². The molecule has 1 saturated heterocycles. The van der Waals surface area contributed by atoms with Crippen LogP contribution in [0.3, 0.4) is 0 Å². The van der Waals surface area contributed by atoms with Crippen molar-refractivity contribution in [1.29, 1.82) is 0 Å². The second-order valence-electron chi connectivity index (χ2n) is 4.77. The summed E-state index contributed by atoms with van der Waals surface area (Å²) in [6, 6.07) is 9.45. The van der Waals surface area contributed by atoms with E-state index in [0.29, 0.717) is 0 Å². The Hall–Kier alpha value is -2.14. The highest BCUT2D eigenvalue weighted by atomic mass is 16.6. The van der Waals surface area contributed by atoms with Crippen molar-refractivity contribution >= 4 is 11.9 Å². The Bertz CT molecular complexity index is 551. The minimum absolute atomic E-state index is 0.387. The molecule has 5 nitrogen and oxygen atoms in total. The van der Waals surface area contributed by atoms with E-state index in [1.807, 2.05) is 30.3 Å². The van der Waals surface area contributed by atoms with Crippen LogP contribution in [0.1, 0.15) is 18.6 Å². The number of fused-ring (bicyclic) bond motifs is 1. The van der Waals surface area contributed by atoms with E-state index in [1.165, 1.54) is 13.0 Å². The maximum absolute atomic E-state index is 11.4. The molecule has 0 amide bonds. The molecule has 0 saturated carbocycles. The molecule has 0 N–H and O–H groups in total. The van der Waals surface area contributed by atoms with Crippen molar-refractivity contribution in [2.75, 3.05) is 0 Å². The second kappa shape index (κ2) is 5.09. The molecule has 2 aliphatic heterocycles. The van der Waals surface area contributed by atoms with Crippen molar-refractivity contribution in [2.24, 2.45) is 0 Å². The van der Waals surface area contributed by atoms with Crippen LogP contribution in [0.5, 0.6) is 0 Å². The summed E-state index contributed by atoms with van der Waals surface area (Å²) in [6.45, 7) is 1.33. The molecule has 0 aromatic heterocycles. The Labute approximate surface area is 116 Å². The largest absolute Gasteiger partial charge is 0.455 e. The highest BCUT2D eigenvalue weighted by Gasteiger charge is 2.49. The molecule has 1 aromatic carbocycles. The number of carbonyl (C=O) groups excluding carboxylic acids is 2. The van der Waals surface area contributed by atoms with Crippen LogP contribution >= 0.6 is 0 Å². The summed E-state index contributed by atoms with van der Waals surface area (Å²) < 4.78 is 16.4. The van der Waals surface area contributed by atoms with Gasteiger partial charge in [0, 0.05) is 13.0 Å². The number of hydrogen-bond donors (Lipinski definition) is 0. The third-order valence-electron chi connectivity index (χ3n) is 3.35. The molecule has 0 aliphatic carbocycles. The van der Waals surface area contributed by atoms with Crippen molar-refractivity contribution in [1.82, 2.24) is 0 Å². The van der Waals surface area contributed by atoms with E-state index in [2.05, 4.69) is 0 Å². The maximum atomic E-state index is 11.4.